The zero-order valence-electron chi connectivity index (χ0n) is 19.3. The van der Waals surface area contributed by atoms with Crippen LogP contribution in [0.25, 0.3) is 10.2 Å². The Balaban J connectivity index is 1.59. The Labute approximate surface area is 207 Å². The highest BCUT2D eigenvalue weighted by Crippen LogP contribution is 2.38. The maximum atomic E-state index is 14.0. The number of carbonyl (C=O) groups is 1. The van der Waals surface area contributed by atoms with Crippen molar-refractivity contribution in [2.24, 2.45) is 0 Å². The van der Waals surface area contributed by atoms with E-state index in [1.54, 1.807) is 36.5 Å². The number of aryl methyl sites for hydroxylation is 1. The van der Waals surface area contributed by atoms with Gasteiger partial charge in [0.2, 0.25) is 0 Å². The molecule has 3 aromatic carbocycles. The van der Waals surface area contributed by atoms with Crippen LogP contribution in [0, 0.1) is 6.92 Å². The molecular formula is C28H23N3O3S. The van der Waals surface area contributed by atoms with Gasteiger partial charge in [0, 0.05) is 12.4 Å². The van der Waals surface area contributed by atoms with Gasteiger partial charge in [-0.25, -0.2) is 4.98 Å². The highest BCUT2D eigenvalue weighted by molar-refractivity contribution is 7.22. The average Bonchev–Trinajstić information content (AvgIpc) is 3.35. The summed E-state index contributed by atoms with van der Waals surface area (Å²) in [5.74, 6) is 1.60. The monoisotopic (exact) mass is 481 g/mol. The Hall–Kier alpha value is -4.23. The van der Waals surface area contributed by atoms with Crippen LogP contribution in [0.4, 0.5) is 5.13 Å². The Morgan fingerprint density at radius 1 is 0.943 bits per heavy atom. The molecule has 174 valence electrons. The molecule has 0 bridgehead atoms. The fourth-order valence-corrected chi connectivity index (χ4v) is 4.82. The second-order valence-electron chi connectivity index (χ2n) is 7.92. The quantitative estimate of drug-likeness (QED) is 0.260. The number of benzene rings is 3. The molecule has 0 saturated carbocycles. The van der Waals surface area contributed by atoms with Crippen molar-refractivity contribution in [3.8, 4) is 17.2 Å². The van der Waals surface area contributed by atoms with E-state index in [4.69, 9.17) is 14.5 Å². The van der Waals surface area contributed by atoms with Crippen LogP contribution in [0.5, 0.6) is 17.2 Å². The number of hydrogen-bond donors (Lipinski definition) is 0. The van der Waals surface area contributed by atoms with Crippen molar-refractivity contribution in [2.45, 2.75) is 13.5 Å². The van der Waals surface area contributed by atoms with Gasteiger partial charge in [0.1, 0.15) is 22.8 Å². The normalized spacial score (nSPS) is 10.8. The van der Waals surface area contributed by atoms with Gasteiger partial charge < -0.3 is 9.47 Å². The van der Waals surface area contributed by atoms with E-state index in [0.717, 1.165) is 21.3 Å². The Morgan fingerprint density at radius 2 is 1.74 bits per heavy atom. The second-order valence-corrected chi connectivity index (χ2v) is 8.90. The number of para-hydroxylation sites is 2. The highest BCUT2D eigenvalue weighted by atomic mass is 32.1. The van der Waals surface area contributed by atoms with Crippen molar-refractivity contribution >= 4 is 32.6 Å². The number of thiazole rings is 1. The van der Waals surface area contributed by atoms with Gasteiger partial charge in [0.25, 0.3) is 5.91 Å². The molecule has 6 nitrogen and oxygen atoms in total. The lowest BCUT2D eigenvalue weighted by molar-refractivity contribution is 0.0983. The summed E-state index contributed by atoms with van der Waals surface area (Å²) in [7, 11) is 1.62. The molecule has 0 aliphatic carbocycles. The summed E-state index contributed by atoms with van der Waals surface area (Å²) < 4.78 is 12.6. The van der Waals surface area contributed by atoms with E-state index in [-0.39, 0.29) is 5.91 Å². The number of anilines is 1. The van der Waals surface area contributed by atoms with E-state index in [2.05, 4.69) is 4.98 Å². The SMILES string of the molecule is COc1ccc(C)c2sc(N(Cc3cccnc3)C(=O)c3ccccc3Oc3ccccc3)nc12. The number of pyridine rings is 1. The summed E-state index contributed by atoms with van der Waals surface area (Å²) in [6.45, 7) is 2.34. The minimum atomic E-state index is -0.212. The van der Waals surface area contributed by atoms with Crippen molar-refractivity contribution in [1.29, 1.82) is 0 Å². The van der Waals surface area contributed by atoms with E-state index in [1.165, 1.54) is 11.3 Å². The van der Waals surface area contributed by atoms with E-state index < -0.39 is 0 Å². The van der Waals surface area contributed by atoms with Gasteiger partial charge in [-0.15, -0.1) is 0 Å². The molecule has 2 heterocycles. The first-order valence-corrected chi connectivity index (χ1v) is 11.9. The number of carbonyl (C=O) groups excluding carboxylic acids is 1. The molecule has 0 N–H and O–H groups in total. The summed E-state index contributed by atoms with van der Waals surface area (Å²) >= 11 is 1.47. The molecule has 0 saturated heterocycles. The van der Waals surface area contributed by atoms with Crippen LogP contribution in [0.15, 0.2) is 91.3 Å². The molecule has 0 aliphatic heterocycles. The smallest absolute Gasteiger partial charge is 0.264 e. The van der Waals surface area contributed by atoms with E-state index in [1.807, 2.05) is 73.7 Å². The molecule has 7 heteroatoms. The molecule has 5 aromatic rings. The Kier molecular flexibility index (Phi) is 6.41. The maximum absolute atomic E-state index is 14.0. The summed E-state index contributed by atoms with van der Waals surface area (Å²) in [5, 5.41) is 0.580. The number of methoxy groups -OCH3 is 1. The molecule has 0 fully saturated rings. The van der Waals surface area contributed by atoms with E-state index in [0.29, 0.717) is 34.5 Å². The van der Waals surface area contributed by atoms with Crippen molar-refractivity contribution in [3.63, 3.8) is 0 Å². The number of hydrogen-bond acceptors (Lipinski definition) is 6. The van der Waals surface area contributed by atoms with Crippen LogP contribution < -0.4 is 14.4 Å². The average molecular weight is 482 g/mol. The molecule has 0 aliphatic rings. The van der Waals surface area contributed by atoms with Gasteiger partial charge in [0.05, 0.1) is 23.9 Å². The van der Waals surface area contributed by atoms with Gasteiger partial charge in [-0.3, -0.25) is 14.7 Å². The molecule has 0 radical (unpaired) electrons. The number of ether oxygens (including phenoxy) is 2. The van der Waals surface area contributed by atoms with Gasteiger partial charge >= 0.3 is 0 Å². The van der Waals surface area contributed by atoms with Gasteiger partial charge in [-0.1, -0.05) is 53.8 Å². The van der Waals surface area contributed by atoms with Gasteiger partial charge in [0.15, 0.2) is 5.13 Å². The third-order valence-corrected chi connectivity index (χ3v) is 6.75. The molecule has 35 heavy (non-hydrogen) atoms. The molecule has 1 amide bonds. The van der Waals surface area contributed by atoms with Crippen molar-refractivity contribution in [1.82, 2.24) is 9.97 Å². The lowest BCUT2D eigenvalue weighted by atomic mass is 10.1. The van der Waals surface area contributed by atoms with Crippen molar-refractivity contribution in [2.75, 3.05) is 12.0 Å². The first-order valence-electron chi connectivity index (χ1n) is 11.1. The molecule has 0 atom stereocenters. The number of aromatic nitrogens is 2. The van der Waals surface area contributed by atoms with E-state index in [9.17, 15) is 4.79 Å². The summed E-state index contributed by atoms with van der Waals surface area (Å²) in [5.41, 5.74) is 3.16. The lowest BCUT2D eigenvalue weighted by Crippen LogP contribution is -2.30. The summed E-state index contributed by atoms with van der Waals surface area (Å²) in [6, 6.07) is 24.4. The summed E-state index contributed by atoms with van der Waals surface area (Å²) in [4.78, 5) is 24.8. The molecule has 0 spiro atoms. The predicted octanol–water partition coefficient (Wildman–Crippen LogP) is 6.65. The molecule has 2 aromatic heterocycles. The first kappa shape index (κ1) is 22.6. The van der Waals surface area contributed by atoms with Crippen LogP contribution in [0.1, 0.15) is 21.5 Å². The van der Waals surface area contributed by atoms with Crippen LogP contribution in [-0.4, -0.2) is 23.0 Å². The van der Waals surface area contributed by atoms with Crippen LogP contribution in [0.2, 0.25) is 0 Å². The zero-order valence-corrected chi connectivity index (χ0v) is 20.2. The third-order valence-electron chi connectivity index (χ3n) is 5.54. The van der Waals surface area contributed by atoms with Crippen molar-refractivity contribution in [3.05, 3.63) is 108 Å². The second kappa shape index (κ2) is 9.95. The first-order chi connectivity index (χ1) is 17.1. The number of fused-ring (bicyclic) bond motifs is 1. The fourth-order valence-electron chi connectivity index (χ4n) is 3.77. The van der Waals surface area contributed by atoms with Crippen molar-refractivity contribution < 1.29 is 14.3 Å². The predicted molar refractivity (Wildman–Crippen MR) is 139 cm³/mol. The van der Waals surface area contributed by atoms with E-state index >= 15 is 0 Å². The highest BCUT2D eigenvalue weighted by Gasteiger charge is 2.26. The largest absolute Gasteiger partial charge is 0.494 e. The van der Waals surface area contributed by atoms with Crippen LogP contribution >= 0.6 is 11.3 Å². The number of amides is 1. The van der Waals surface area contributed by atoms with Gasteiger partial charge in [-0.2, -0.15) is 0 Å². The van der Waals surface area contributed by atoms with Gasteiger partial charge in [-0.05, 0) is 54.4 Å². The fraction of sp³-hybridized carbons (Fsp3) is 0.107. The molecule has 0 unspecified atom stereocenters. The Morgan fingerprint density at radius 3 is 2.51 bits per heavy atom. The Bertz CT molecular complexity index is 1470. The maximum Gasteiger partial charge on any atom is 0.264 e. The number of rotatable bonds is 7. The van der Waals surface area contributed by atoms with Crippen LogP contribution in [0.3, 0.4) is 0 Å². The van der Waals surface area contributed by atoms with Crippen LogP contribution in [-0.2, 0) is 6.54 Å². The summed E-state index contributed by atoms with van der Waals surface area (Å²) in [6.07, 6.45) is 3.47. The minimum Gasteiger partial charge on any atom is -0.494 e. The topological polar surface area (TPSA) is 64.5 Å². The molecule has 5 rings (SSSR count). The standard InChI is InChI=1S/C28H23N3O3S/c1-19-14-15-24(33-2)25-26(19)35-28(30-25)31(18-20-9-8-16-29-17-20)27(32)22-12-6-7-13-23(22)34-21-10-4-3-5-11-21/h3-17H,18H2,1-2H3. The third kappa shape index (κ3) is 4.72. The zero-order chi connectivity index (χ0) is 24.2. The minimum absolute atomic E-state index is 0.212. The molecular weight excluding hydrogens is 458 g/mol. The lowest BCUT2D eigenvalue weighted by Gasteiger charge is -2.21. The number of nitrogens with zero attached hydrogens (tertiary/aromatic N) is 3.